The number of aliphatic hydroxyl groups excluding tert-OH is 1. The second-order valence-corrected chi connectivity index (χ2v) is 3.19. The second-order valence-electron chi connectivity index (χ2n) is 3.19. The van der Waals surface area contributed by atoms with Crippen LogP contribution in [0.4, 0.5) is 4.39 Å². The van der Waals surface area contributed by atoms with Crippen LogP contribution in [0.5, 0.6) is 0 Å². The summed E-state index contributed by atoms with van der Waals surface area (Å²) in [5.41, 5.74) is 0. The minimum atomic E-state index is -2.26. The van der Waals surface area contributed by atoms with Crippen molar-refractivity contribution >= 4 is 11.8 Å². The minimum absolute atomic E-state index is 0.841. The molecule has 0 spiro atoms. The van der Waals surface area contributed by atoms with E-state index in [1.165, 1.54) is 13.8 Å². The molecule has 0 aromatic heterocycles. The van der Waals surface area contributed by atoms with Crippen molar-refractivity contribution in [2.45, 2.75) is 32.2 Å². The maximum Gasteiger partial charge on any atom is 0.348 e. The molecule has 0 radical (unpaired) electrons. The zero-order chi connectivity index (χ0) is 10.2. The number of ether oxygens (including phenoxy) is 1. The van der Waals surface area contributed by atoms with Gasteiger partial charge in [0.1, 0.15) is 12.2 Å². The summed E-state index contributed by atoms with van der Waals surface area (Å²) in [7, 11) is 0. The van der Waals surface area contributed by atoms with E-state index in [-0.39, 0.29) is 0 Å². The van der Waals surface area contributed by atoms with Crippen molar-refractivity contribution in [1.82, 2.24) is 0 Å². The molecule has 1 aliphatic heterocycles. The predicted octanol–water partition coefficient (Wildman–Crippen LogP) is -0.164. The van der Waals surface area contributed by atoms with E-state index in [1.54, 1.807) is 0 Å². The first-order valence-corrected chi connectivity index (χ1v) is 4.01. The van der Waals surface area contributed by atoms with Gasteiger partial charge in [-0.05, 0) is 6.92 Å². The summed E-state index contributed by atoms with van der Waals surface area (Å²) in [6.45, 7) is 2.79. The molecule has 4 nitrogen and oxygen atoms in total. The zero-order valence-electron chi connectivity index (χ0n) is 7.36. The van der Waals surface area contributed by atoms with Crippen LogP contribution in [-0.2, 0) is 14.3 Å². The quantitative estimate of drug-likeness (QED) is 0.425. The van der Waals surface area contributed by atoms with E-state index >= 15 is 0 Å². The monoisotopic (exact) mass is 190 g/mol. The highest BCUT2D eigenvalue weighted by Gasteiger charge is 2.42. The smallest absolute Gasteiger partial charge is 0.348 e. The Morgan fingerprint density at radius 1 is 1.38 bits per heavy atom. The van der Waals surface area contributed by atoms with Crippen molar-refractivity contribution in [2.75, 3.05) is 0 Å². The topological polar surface area (TPSA) is 63.6 Å². The van der Waals surface area contributed by atoms with Crippen LogP contribution in [0.15, 0.2) is 0 Å². The molecular weight excluding hydrogens is 179 g/mol. The van der Waals surface area contributed by atoms with Crippen molar-refractivity contribution in [3.05, 3.63) is 0 Å². The van der Waals surface area contributed by atoms with Crippen molar-refractivity contribution in [3.8, 4) is 0 Å². The second kappa shape index (κ2) is 3.41. The van der Waals surface area contributed by atoms with Crippen molar-refractivity contribution < 1.29 is 23.8 Å². The maximum absolute atomic E-state index is 12.9. The van der Waals surface area contributed by atoms with E-state index in [1.807, 2.05) is 0 Å². The minimum Gasteiger partial charge on any atom is -0.457 e. The lowest BCUT2D eigenvalue weighted by Gasteiger charge is -2.18. The summed E-state index contributed by atoms with van der Waals surface area (Å²) < 4.78 is 17.4. The number of esters is 1. The van der Waals surface area contributed by atoms with Crippen molar-refractivity contribution in [2.24, 2.45) is 5.92 Å². The molecule has 74 valence electrons. The number of cyclic esters (lactones) is 1. The molecule has 4 atom stereocenters. The third kappa shape index (κ3) is 1.70. The van der Waals surface area contributed by atoms with Gasteiger partial charge in [0.25, 0.3) is 6.17 Å². The van der Waals surface area contributed by atoms with Crippen LogP contribution in [0, 0.1) is 5.92 Å². The predicted molar refractivity (Wildman–Crippen MR) is 40.6 cm³/mol. The summed E-state index contributed by atoms with van der Waals surface area (Å²) in [4.78, 5) is 21.9. The summed E-state index contributed by atoms with van der Waals surface area (Å²) in [5.74, 6) is -3.03. The molecular formula is C8H11FO4. The Kier molecular flexibility index (Phi) is 2.66. The van der Waals surface area contributed by atoms with Gasteiger partial charge in [-0.15, -0.1) is 0 Å². The Hall–Kier alpha value is -0.970. The van der Waals surface area contributed by atoms with E-state index in [4.69, 9.17) is 0 Å². The van der Waals surface area contributed by atoms with E-state index in [9.17, 15) is 19.1 Å². The lowest BCUT2D eigenvalue weighted by atomic mass is 9.95. The lowest BCUT2D eigenvalue weighted by Crippen LogP contribution is -2.34. The number of alkyl halides is 1. The molecule has 5 heteroatoms. The number of halogens is 1. The fourth-order valence-electron chi connectivity index (χ4n) is 1.23. The number of rotatable bonds is 0. The number of carbonyl (C=O) groups excluding carboxylic acids is 2. The van der Waals surface area contributed by atoms with Gasteiger partial charge in [-0.1, -0.05) is 6.92 Å². The SMILES string of the molecule is CC1OC(=O)[C@@H](F)C(=O)[C@@H](C)[C@H]1O. The van der Waals surface area contributed by atoms with Crippen LogP contribution >= 0.6 is 0 Å². The molecule has 0 aliphatic carbocycles. The third-order valence-corrected chi connectivity index (χ3v) is 2.20. The van der Waals surface area contributed by atoms with Crippen LogP contribution < -0.4 is 0 Å². The van der Waals surface area contributed by atoms with Crippen LogP contribution in [0.1, 0.15) is 13.8 Å². The molecule has 0 amide bonds. The molecule has 1 fully saturated rings. The molecule has 13 heavy (non-hydrogen) atoms. The van der Waals surface area contributed by atoms with Gasteiger partial charge in [0.15, 0.2) is 5.78 Å². The first kappa shape index (κ1) is 10.1. The van der Waals surface area contributed by atoms with E-state index in [0.29, 0.717) is 0 Å². The number of hydrogen-bond acceptors (Lipinski definition) is 4. The normalized spacial score (nSPS) is 41.2. The largest absolute Gasteiger partial charge is 0.457 e. The van der Waals surface area contributed by atoms with Gasteiger partial charge in [-0.25, -0.2) is 9.18 Å². The Labute approximate surface area is 74.7 Å². The maximum atomic E-state index is 12.9. The van der Waals surface area contributed by atoms with Crippen LogP contribution in [0.2, 0.25) is 0 Å². The van der Waals surface area contributed by atoms with Crippen molar-refractivity contribution in [3.63, 3.8) is 0 Å². The Morgan fingerprint density at radius 3 is 2.46 bits per heavy atom. The standard InChI is InChI=1S/C8H11FO4/c1-3-6(10)4(2)13-8(12)5(9)7(3)11/h3-6,10H,1-2H3/t3-,4?,5-,6+/m0/s1. The van der Waals surface area contributed by atoms with Crippen molar-refractivity contribution in [1.29, 1.82) is 0 Å². The van der Waals surface area contributed by atoms with Gasteiger partial charge in [-0.3, -0.25) is 4.79 Å². The summed E-state index contributed by atoms with van der Waals surface area (Å²) in [6.07, 6.45) is -4.22. The third-order valence-electron chi connectivity index (χ3n) is 2.20. The highest BCUT2D eigenvalue weighted by Crippen LogP contribution is 2.20. The molecule has 1 aliphatic rings. The van der Waals surface area contributed by atoms with Crippen LogP contribution in [0.3, 0.4) is 0 Å². The summed E-state index contributed by atoms with van der Waals surface area (Å²) in [5, 5.41) is 9.37. The first-order valence-electron chi connectivity index (χ1n) is 4.01. The number of carbonyl (C=O) groups is 2. The van der Waals surface area contributed by atoms with Gasteiger partial charge in [-0.2, -0.15) is 0 Å². The Bertz CT molecular complexity index is 240. The van der Waals surface area contributed by atoms with Gasteiger partial charge in [0, 0.05) is 5.92 Å². The molecule has 0 aromatic rings. The summed E-state index contributed by atoms with van der Waals surface area (Å²) in [6, 6.07) is 0. The first-order chi connectivity index (χ1) is 5.95. The summed E-state index contributed by atoms with van der Waals surface area (Å²) >= 11 is 0. The zero-order valence-corrected chi connectivity index (χ0v) is 7.36. The lowest BCUT2D eigenvalue weighted by molar-refractivity contribution is -0.157. The van der Waals surface area contributed by atoms with Gasteiger partial charge in [0.05, 0.1) is 0 Å². The van der Waals surface area contributed by atoms with Crippen LogP contribution in [-0.4, -0.2) is 35.2 Å². The van der Waals surface area contributed by atoms with E-state index < -0.39 is 36.1 Å². The van der Waals surface area contributed by atoms with Gasteiger partial charge >= 0.3 is 5.97 Å². The average molecular weight is 190 g/mol. The fourth-order valence-corrected chi connectivity index (χ4v) is 1.23. The number of ketones is 1. The van der Waals surface area contributed by atoms with Crippen LogP contribution in [0.25, 0.3) is 0 Å². The van der Waals surface area contributed by atoms with E-state index in [0.717, 1.165) is 0 Å². The number of aliphatic hydroxyl groups is 1. The van der Waals surface area contributed by atoms with Gasteiger partial charge in [0.2, 0.25) is 0 Å². The molecule has 0 saturated carbocycles. The van der Waals surface area contributed by atoms with E-state index in [2.05, 4.69) is 4.74 Å². The highest BCUT2D eigenvalue weighted by atomic mass is 19.1. The fraction of sp³-hybridized carbons (Fsp3) is 0.750. The molecule has 0 bridgehead atoms. The number of Topliss-reactive ketones (excluding diaryl/α,β-unsaturated/α-hetero) is 1. The molecule has 0 aromatic carbocycles. The highest BCUT2D eigenvalue weighted by molar-refractivity contribution is 6.03. The molecule has 1 rings (SSSR count). The molecule has 1 saturated heterocycles. The van der Waals surface area contributed by atoms with Gasteiger partial charge < -0.3 is 9.84 Å². The molecule has 1 N–H and O–H groups in total. The molecule has 1 unspecified atom stereocenters. The average Bonchev–Trinajstić information content (AvgIpc) is 2.15. The number of hydrogen-bond donors (Lipinski definition) is 1. The molecule has 1 heterocycles. The Morgan fingerprint density at radius 2 is 1.92 bits per heavy atom. The Balaban J connectivity index is 2.92.